The Bertz CT molecular complexity index is 1010. The highest BCUT2D eigenvalue weighted by Crippen LogP contribution is 2.24. The number of nitrogens with zero attached hydrogens (tertiary/aromatic N) is 5. The van der Waals surface area contributed by atoms with Crippen molar-refractivity contribution >= 4 is 17.0 Å². The number of fused-ring (bicyclic) bond motifs is 1. The van der Waals surface area contributed by atoms with Crippen molar-refractivity contribution in [3.63, 3.8) is 0 Å². The van der Waals surface area contributed by atoms with E-state index in [1.54, 1.807) is 0 Å². The molecule has 2 aromatic heterocycles. The van der Waals surface area contributed by atoms with Gasteiger partial charge in [-0.1, -0.05) is 79.2 Å². The summed E-state index contributed by atoms with van der Waals surface area (Å²) in [6.45, 7) is 3.63. The highest BCUT2D eigenvalue weighted by atomic mass is 15.4. The zero-order valence-corrected chi connectivity index (χ0v) is 15.3. The van der Waals surface area contributed by atoms with Gasteiger partial charge in [0, 0.05) is 18.7 Å². The van der Waals surface area contributed by atoms with Gasteiger partial charge < -0.3 is 5.32 Å². The minimum atomic E-state index is 0.670. The highest BCUT2D eigenvalue weighted by Gasteiger charge is 2.15. The number of rotatable bonds is 7. The first-order valence-electron chi connectivity index (χ1n) is 9.29. The molecule has 0 saturated carbocycles. The minimum Gasteiger partial charge on any atom is -0.364 e. The number of nitrogens with one attached hydrogen (secondary N) is 1. The average molecular weight is 358 g/mol. The van der Waals surface area contributed by atoms with Crippen molar-refractivity contribution < 1.29 is 0 Å². The summed E-state index contributed by atoms with van der Waals surface area (Å²) >= 11 is 0. The van der Waals surface area contributed by atoms with Gasteiger partial charge in [-0.15, -0.1) is 5.10 Å². The van der Waals surface area contributed by atoms with Crippen LogP contribution in [-0.2, 0) is 13.1 Å². The van der Waals surface area contributed by atoms with Gasteiger partial charge in [0.15, 0.2) is 22.8 Å². The first kappa shape index (κ1) is 17.1. The largest absolute Gasteiger partial charge is 0.364 e. The second-order valence-electron chi connectivity index (χ2n) is 6.44. The Labute approximate surface area is 158 Å². The fraction of sp³-hybridized carbons (Fsp3) is 0.238. The maximum Gasteiger partial charge on any atom is 0.184 e. The summed E-state index contributed by atoms with van der Waals surface area (Å²) in [5.74, 6) is 1.39. The molecule has 0 radical (unpaired) electrons. The van der Waals surface area contributed by atoms with E-state index in [-0.39, 0.29) is 0 Å². The molecule has 6 nitrogen and oxygen atoms in total. The van der Waals surface area contributed by atoms with Crippen LogP contribution < -0.4 is 5.32 Å². The van der Waals surface area contributed by atoms with Crippen LogP contribution in [0.1, 0.15) is 25.3 Å². The first-order valence-corrected chi connectivity index (χ1v) is 9.29. The molecule has 0 fully saturated rings. The number of hydrogen-bond acceptors (Lipinski definition) is 5. The number of unbranched alkanes of at least 4 members (excludes halogenated alkanes) is 1. The Morgan fingerprint density at radius 1 is 0.926 bits per heavy atom. The molecule has 0 spiro atoms. The Balaban J connectivity index is 1.74. The quantitative estimate of drug-likeness (QED) is 0.533. The molecule has 0 bridgehead atoms. The van der Waals surface area contributed by atoms with E-state index in [9.17, 15) is 0 Å². The van der Waals surface area contributed by atoms with Crippen LogP contribution in [0.25, 0.3) is 22.6 Å². The lowest BCUT2D eigenvalue weighted by molar-refractivity contribution is 0.564. The van der Waals surface area contributed by atoms with Crippen molar-refractivity contribution in [2.24, 2.45) is 0 Å². The molecule has 136 valence electrons. The monoisotopic (exact) mass is 358 g/mol. The Hall–Kier alpha value is -3.28. The molecule has 0 amide bonds. The number of aryl methyl sites for hydroxylation is 1. The van der Waals surface area contributed by atoms with Crippen molar-refractivity contribution in [3.8, 4) is 11.4 Å². The van der Waals surface area contributed by atoms with Gasteiger partial charge in [-0.2, -0.15) is 0 Å². The second kappa shape index (κ2) is 7.95. The minimum absolute atomic E-state index is 0.670. The molecule has 27 heavy (non-hydrogen) atoms. The van der Waals surface area contributed by atoms with Crippen molar-refractivity contribution in [1.29, 1.82) is 0 Å². The van der Waals surface area contributed by atoms with Crippen molar-refractivity contribution in [1.82, 2.24) is 25.0 Å². The Morgan fingerprint density at radius 2 is 1.67 bits per heavy atom. The van der Waals surface area contributed by atoms with Gasteiger partial charge in [0.05, 0.1) is 0 Å². The smallest absolute Gasteiger partial charge is 0.184 e. The van der Waals surface area contributed by atoms with Gasteiger partial charge in [0.2, 0.25) is 0 Å². The summed E-state index contributed by atoms with van der Waals surface area (Å²) < 4.78 is 1.88. The predicted octanol–water partition coefficient (Wildman–Crippen LogP) is 4.30. The fourth-order valence-corrected chi connectivity index (χ4v) is 2.94. The lowest BCUT2D eigenvalue weighted by Gasteiger charge is -2.09. The van der Waals surface area contributed by atoms with Gasteiger partial charge in [0.1, 0.15) is 0 Å². The van der Waals surface area contributed by atoms with Gasteiger partial charge in [-0.05, 0) is 12.0 Å². The van der Waals surface area contributed by atoms with E-state index in [2.05, 4.69) is 34.7 Å². The molecule has 6 heteroatoms. The van der Waals surface area contributed by atoms with Crippen LogP contribution in [0.2, 0.25) is 0 Å². The normalized spacial score (nSPS) is 11.0. The van der Waals surface area contributed by atoms with Crippen LogP contribution in [-0.4, -0.2) is 25.0 Å². The van der Waals surface area contributed by atoms with E-state index in [1.807, 2.05) is 53.2 Å². The summed E-state index contributed by atoms with van der Waals surface area (Å²) in [6, 6.07) is 20.3. The molecular weight excluding hydrogens is 336 g/mol. The van der Waals surface area contributed by atoms with Crippen LogP contribution >= 0.6 is 0 Å². The van der Waals surface area contributed by atoms with Crippen molar-refractivity contribution in [2.75, 3.05) is 5.32 Å². The summed E-state index contributed by atoms with van der Waals surface area (Å²) in [7, 11) is 0. The number of anilines is 1. The van der Waals surface area contributed by atoms with Gasteiger partial charge in [0.25, 0.3) is 0 Å². The summed E-state index contributed by atoms with van der Waals surface area (Å²) in [4.78, 5) is 9.50. The third-order valence-corrected chi connectivity index (χ3v) is 4.42. The number of aromatic nitrogens is 5. The zero-order chi connectivity index (χ0) is 18.5. The van der Waals surface area contributed by atoms with Gasteiger partial charge >= 0.3 is 0 Å². The molecule has 0 atom stereocenters. The van der Waals surface area contributed by atoms with Crippen molar-refractivity contribution in [3.05, 3.63) is 66.2 Å². The fourth-order valence-electron chi connectivity index (χ4n) is 2.94. The predicted molar refractivity (Wildman–Crippen MR) is 107 cm³/mol. The standard InChI is InChI=1S/C21H22N6/c1-2-3-14-27-21-18(25-26-27)20(22-15-16-10-6-4-7-11-16)23-19(24-21)17-12-8-5-9-13-17/h4-13H,2-3,14-15H2,1H3,(H,22,23,24). The van der Waals surface area contributed by atoms with Gasteiger partial charge in [-0.25, -0.2) is 14.6 Å². The lowest BCUT2D eigenvalue weighted by atomic mass is 10.2. The molecule has 0 aliphatic heterocycles. The molecule has 1 N–H and O–H groups in total. The molecular formula is C21H22N6. The molecule has 2 aromatic carbocycles. The maximum absolute atomic E-state index is 4.76. The zero-order valence-electron chi connectivity index (χ0n) is 15.3. The summed E-state index contributed by atoms with van der Waals surface area (Å²) in [6.07, 6.45) is 2.13. The van der Waals surface area contributed by atoms with E-state index < -0.39 is 0 Å². The SMILES string of the molecule is CCCCn1nnc2c(NCc3ccccc3)nc(-c3ccccc3)nc21. The van der Waals surface area contributed by atoms with Crippen LogP contribution in [0.15, 0.2) is 60.7 Å². The van der Waals surface area contributed by atoms with Crippen LogP contribution in [0.5, 0.6) is 0 Å². The van der Waals surface area contributed by atoms with E-state index in [1.165, 1.54) is 5.56 Å². The van der Waals surface area contributed by atoms with E-state index in [0.717, 1.165) is 30.6 Å². The third kappa shape index (κ3) is 3.79. The first-order chi connectivity index (χ1) is 13.3. The van der Waals surface area contributed by atoms with Crippen LogP contribution in [0.4, 0.5) is 5.82 Å². The van der Waals surface area contributed by atoms with Crippen LogP contribution in [0, 0.1) is 0 Å². The third-order valence-electron chi connectivity index (χ3n) is 4.42. The number of hydrogen-bond donors (Lipinski definition) is 1. The summed E-state index contributed by atoms with van der Waals surface area (Å²) in [5, 5.41) is 12.1. The summed E-state index contributed by atoms with van der Waals surface area (Å²) in [5.41, 5.74) is 3.64. The topological polar surface area (TPSA) is 68.5 Å². The molecule has 4 aromatic rings. The van der Waals surface area contributed by atoms with E-state index in [0.29, 0.717) is 23.7 Å². The van der Waals surface area contributed by atoms with Crippen LogP contribution in [0.3, 0.4) is 0 Å². The molecule has 0 unspecified atom stereocenters. The van der Waals surface area contributed by atoms with E-state index >= 15 is 0 Å². The molecule has 2 heterocycles. The number of benzene rings is 2. The molecule has 4 rings (SSSR count). The molecule has 0 saturated heterocycles. The average Bonchev–Trinajstić information content (AvgIpc) is 3.15. The molecule has 0 aliphatic carbocycles. The highest BCUT2D eigenvalue weighted by molar-refractivity contribution is 5.84. The molecule has 0 aliphatic rings. The lowest BCUT2D eigenvalue weighted by Crippen LogP contribution is -2.06. The Morgan fingerprint density at radius 3 is 2.41 bits per heavy atom. The van der Waals surface area contributed by atoms with Gasteiger partial charge in [-0.3, -0.25) is 0 Å². The second-order valence-corrected chi connectivity index (χ2v) is 6.44. The van der Waals surface area contributed by atoms with Crippen molar-refractivity contribution in [2.45, 2.75) is 32.9 Å². The maximum atomic E-state index is 4.76. The van der Waals surface area contributed by atoms with E-state index in [4.69, 9.17) is 9.97 Å². The Kier molecular flexibility index (Phi) is 5.05.